The van der Waals surface area contributed by atoms with Gasteiger partial charge in [-0.25, -0.2) is 9.36 Å². The van der Waals surface area contributed by atoms with Crippen LogP contribution >= 0.6 is 0 Å². The molecule has 2 atom stereocenters. The summed E-state index contributed by atoms with van der Waals surface area (Å²) in [5.74, 6) is -2.09. The molecule has 2 rings (SSSR count). The van der Waals surface area contributed by atoms with Crippen LogP contribution < -0.4 is 4.57 Å². The van der Waals surface area contributed by atoms with Crippen LogP contribution in [0.5, 0.6) is 0 Å². The van der Waals surface area contributed by atoms with Crippen molar-refractivity contribution in [2.24, 2.45) is 18.0 Å². The summed E-state index contributed by atoms with van der Waals surface area (Å²) in [6, 6.07) is 3.89. The van der Waals surface area contributed by atoms with E-state index in [1.165, 1.54) is 167 Å². The smallest absolute Gasteiger partial charge is 0.336 e. The van der Waals surface area contributed by atoms with Gasteiger partial charge in [-0.1, -0.05) is 181 Å². The zero-order valence-corrected chi connectivity index (χ0v) is 40.3. The number of pyridine rings is 1. The van der Waals surface area contributed by atoms with Gasteiger partial charge in [0.2, 0.25) is 0 Å². The number of aromatic nitrogens is 1. The maximum absolute atomic E-state index is 13.7. The lowest BCUT2D eigenvalue weighted by atomic mass is 9.76. The van der Waals surface area contributed by atoms with Crippen LogP contribution in [0.15, 0.2) is 40.8 Å². The van der Waals surface area contributed by atoms with Gasteiger partial charge in [0.25, 0.3) is 0 Å². The monoisotopic (exact) mass is 854 g/mol. The highest BCUT2D eigenvalue weighted by molar-refractivity contribution is 6.07. The molecule has 0 fully saturated rings. The number of aryl methyl sites for hydroxylation is 1. The molecular formula is C53H93N2O6+. The molecule has 2 heterocycles. The van der Waals surface area contributed by atoms with Crippen molar-refractivity contribution in [2.75, 3.05) is 39.6 Å². The van der Waals surface area contributed by atoms with Crippen LogP contribution in [0.1, 0.15) is 232 Å². The second-order valence-corrected chi connectivity index (χ2v) is 17.9. The maximum atomic E-state index is 13.7. The molecule has 1 aromatic heterocycles. The van der Waals surface area contributed by atoms with E-state index in [2.05, 4.69) is 18.8 Å². The Morgan fingerprint density at radius 3 is 1.36 bits per heavy atom. The van der Waals surface area contributed by atoms with Gasteiger partial charge in [0.1, 0.15) is 13.0 Å². The number of nitrogens with zero attached hydrogens (tertiary/aromatic N) is 2. The summed E-state index contributed by atoms with van der Waals surface area (Å²) < 4.78 is 25.3. The molecule has 1 aliphatic heterocycles. The molecule has 1 aliphatic rings. The van der Waals surface area contributed by atoms with Crippen LogP contribution in [0.3, 0.4) is 0 Å². The zero-order valence-electron chi connectivity index (χ0n) is 40.3. The molecule has 0 spiro atoms. The molecule has 8 nitrogen and oxygen atoms in total. The van der Waals surface area contributed by atoms with E-state index in [-0.39, 0.29) is 19.2 Å². The highest BCUT2D eigenvalue weighted by Crippen LogP contribution is 2.39. The normalized spacial score (nSPS) is 15.3. The number of hydrogen-bond donors (Lipinski definition) is 0. The standard InChI is InChI=1S/C53H93N2O6/c1-6-8-10-12-14-16-18-20-22-24-26-28-30-32-39-58-41-35-43-60-52(56)49-46(3)54-47(4)50(51(49)48-37-34-38-55(5)45-48)53(57)61-44-36-42-59-40-33-31-29-27-25-23-21-19-17-15-13-11-9-7-2/h34,37-38,45,49,51H,6-33,35-36,39-44H2,1-5H3/q+1. The van der Waals surface area contributed by atoms with Crippen molar-refractivity contribution in [3.63, 3.8) is 0 Å². The molecule has 61 heavy (non-hydrogen) atoms. The minimum Gasteiger partial charge on any atom is -0.465 e. The molecule has 2 unspecified atom stereocenters. The molecule has 0 amide bonds. The van der Waals surface area contributed by atoms with Gasteiger partial charge >= 0.3 is 11.9 Å². The number of aliphatic imine (C=N–C) groups is 1. The predicted molar refractivity (Wildman–Crippen MR) is 253 cm³/mol. The number of unbranched alkanes of at least 4 members (excludes halogenated alkanes) is 26. The average Bonchev–Trinajstić information content (AvgIpc) is 3.24. The lowest BCUT2D eigenvalue weighted by Gasteiger charge is -2.31. The molecule has 0 saturated carbocycles. The molecule has 0 saturated heterocycles. The first-order valence-electron chi connectivity index (χ1n) is 25.6. The van der Waals surface area contributed by atoms with E-state index in [1.54, 1.807) is 0 Å². The van der Waals surface area contributed by atoms with E-state index in [0.29, 0.717) is 43.0 Å². The van der Waals surface area contributed by atoms with Crippen LogP contribution in [0.4, 0.5) is 0 Å². The summed E-state index contributed by atoms with van der Waals surface area (Å²) in [6.07, 6.45) is 42.7. The molecule has 8 heteroatoms. The molecule has 1 aromatic rings. The second kappa shape index (κ2) is 37.9. The summed E-state index contributed by atoms with van der Waals surface area (Å²) in [5.41, 5.74) is 2.48. The largest absolute Gasteiger partial charge is 0.465 e. The van der Waals surface area contributed by atoms with E-state index >= 15 is 0 Å². The zero-order chi connectivity index (χ0) is 44.0. The maximum Gasteiger partial charge on any atom is 0.336 e. The number of esters is 2. The van der Waals surface area contributed by atoms with E-state index < -0.39 is 17.8 Å². The van der Waals surface area contributed by atoms with Gasteiger partial charge in [0.15, 0.2) is 12.4 Å². The first kappa shape index (κ1) is 54.6. The Balaban J connectivity index is 1.63. The third kappa shape index (κ3) is 26.6. The Hall–Kier alpha value is -2.58. The molecule has 0 N–H and O–H groups in total. The van der Waals surface area contributed by atoms with Gasteiger partial charge in [-0.05, 0) is 32.8 Å². The molecule has 0 aromatic carbocycles. The fourth-order valence-electron chi connectivity index (χ4n) is 8.59. The van der Waals surface area contributed by atoms with Gasteiger partial charge in [0, 0.05) is 68.2 Å². The van der Waals surface area contributed by atoms with Gasteiger partial charge < -0.3 is 18.9 Å². The number of carbonyl (C=O) groups is 2. The summed E-state index contributed by atoms with van der Waals surface area (Å²) in [7, 11) is 1.94. The highest BCUT2D eigenvalue weighted by Gasteiger charge is 2.43. The SMILES string of the molecule is CCCCCCCCCCCCCCCCOCCCOC(=O)C1=C(C)N=C(C)C(C(=O)OCCCOCCCCCCCCCCCCCCCC)C1c1ccc[n+](C)c1. The fraction of sp³-hybridized carbons (Fsp3) is 0.811. The Morgan fingerprint density at radius 2 is 0.934 bits per heavy atom. The molecule has 0 aliphatic carbocycles. The molecule has 350 valence electrons. The van der Waals surface area contributed by atoms with Crippen LogP contribution in [0.2, 0.25) is 0 Å². The molecule has 0 radical (unpaired) electrons. The summed E-state index contributed by atoms with van der Waals surface area (Å²) in [6.45, 7) is 11.3. The Labute approximate surface area is 374 Å². The molecular weight excluding hydrogens is 761 g/mol. The topological polar surface area (TPSA) is 87.3 Å². The fourth-order valence-corrected chi connectivity index (χ4v) is 8.59. The second-order valence-electron chi connectivity index (χ2n) is 17.9. The Bertz CT molecular complexity index is 1310. The average molecular weight is 854 g/mol. The first-order chi connectivity index (χ1) is 29.9. The van der Waals surface area contributed by atoms with Gasteiger partial charge in [-0.3, -0.25) is 9.79 Å². The lowest BCUT2D eigenvalue weighted by Crippen LogP contribution is -2.38. The van der Waals surface area contributed by atoms with Crippen LogP contribution in [-0.4, -0.2) is 57.3 Å². The number of ether oxygens (including phenoxy) is 4. The van der Waals surface area contributed by atoms with Crippen LogP contribution in [0, 0.1) is 5.92 Å². The van der Waals surface area contributed by atoms with Crippen molar-refractivity contribution in [1.82, 2.24) is 0 Å². The Morgan fingerprint density at radius 1 is 0.541 bits per heavy atom. The predicted octanol–water partition coefficient (Wildman–Crippen LogP) is 13.8. The molecule has 0 bridgehead atoms. The van der Waals surface area contributed by atoms with Crippen molar-refractivity contribution >= 4 is 17.7 Å². The Kier molecular flexibility index (Phi) is 33.9. The summed E-state index contributed by atoms with van der Waals surface area (Å²) >= 11 is 0. The number of hydrogen-bond acceptors (Lipinski definition) is 7. The lowest BCUT2D eigenvalue weighted by molar-refractivity contribution is -0.672. The summed E-state index contributed by atoms with van der Waals surface area (Å²) in [5, 5.41) is 0. The van der Waals surface area contributed by atoms with Crippen molar-refractivity contribution in [3.05, 3.63) is 41.4 Å². The van der Waals surface area contributed by atoms with Gasteiger partial charge in [0.05, 0.1) is 18.8 Å². The third-order valence-corrected chi connectivity index (χ3v) is 12.3. The third-order valence-electron chi connectivity index (χ3n) is 12.3. The van der Waals surface area contributed by atoms with Gasteiger partial charge in [-0.2, -0.15) is 0 Å². The first-order valence-corrected chi connectivity index (χ1v) is 25.6. The summed E-state index contributed by atoms with van der Waals surface area (Å²) in [4.78, 5) is 32.1. The van der Waals surface area contributed by atoms with Crippen LogP contribution in [0.25, 0.3) is 0 Å². The van der Waals surface area contributed by atoms with Crippen molar-refractivity contribution in [2.45, 2.75) is 226 Å². The van der Waals surface area contributed by atoms with E-state index in [9.17, 15) is 9.59 Å². The van der Waals surface area contributed by atoms with Gasteiger partial charge in [-0.15, -0.1) is 0 Å². The van der Waals surface area contributed by atoms with E-state index in [1.807, 2.05) is 50.0 Å². The van der Waals surface area contributed by atoms with Crippen molar-refractivity contribution in [1.29, 1.82) is 0 Å². The number of rotatable bonds is 41. The van der Waals surface area contributed by atoms with E-state index in [4.69, 9.17) is 18.9 Å². The quantitative estimate of drug-likeness (QED) is 0.0370. The van der Waals surface area contributed by atoms with Crippen molar-refractivity contribution < 1.29 is 33.1 Å². The highest BCUT2D eigenvalue weighted by atomic mass is 16.5. The number of carbonyl (C=O) groups excluding carboxylic acids is 2. The van der Waals surface area contributed by atoms with Crippen LogP contribution in [-0.2, 0) is 35.6 Å². The minimum atomic E-state index is -0.724. The van der Waals surface area contributed by atoms with Crippen molar-refractivity contribution in [3.8, 4) is 0 Å². The van der Waals surface area contributed by atoms with E-state index in [0.717, 1.165) is 31.6 Å². The number of allylic oxidation sites excluding steroid dienone is 1. The minimum absolute atomic E-state index is 0.251.